The molecular formula is C39H48O14. The molecule has 9 atom stereocenters. The average Bonchev–Trinajstić information content (AvgIpc) is 3.32. The molecule has 0 radical (unpaired) electrons. The van der Waals surface area contributed by atoms with Crippen LogP contribution in [-0.4, -0.2) is 96.8 Å². The van der Waals surface area contributed by atoms with Crippen LogP contribution in [0.1, 0.15) is 70.4 Å². The smallest absolute Gasteiger partial charge is 0.344 e. The van der Waals surface area contributed by atoms with Gasteiger partial charge in [-0.1, -0.05) is 86.7 Å². The summed E-state index contributed by atoms with van der Waals surface area (Å²) in [5.41, 5.74) is -5.22. The average molecular weight is 741 g/mol. The van der Waals surface area contributed by atoms with Gasteiger partial charge in [-0.05, 0) is 61.5 Å². The summed E-state index contributed by atoms with van der Waals surface area (Å²) in [6, 6.07) is 19.3. The van der Waals surface area contributed by atoms with Crippen molar-refractivity contribution in [3.63, 3.8) is 0 Å². The number of benzene rings is 2. The molecule has 0 spiro atoms. The number of carbonyl (C=O) groups is 5. The first-order valence-electron chi connectivity index (χ1n) is 17.7. The quantitative estimate of drug-likeness (QED) is 0.102. The summed E-state index contributed by atoms with van der Waals surface area (Å²) in [4.78, 5) is 63.1. The van der Waals surface area contributed by atoms with Gasteiger partial charge in [-0.2, -0.15) is 0 Å². The highest BCUT2D eigenvalue weighted by molar-refractivity contribution is 5.98. The van der Waals surface area contributed by atoms with Gasteiger partial charge in [0.2, 0.25) is 23.1 Å². The molecule has 0 amide bonds. The number of rotatable bonds is 19. The minimum atomic E-state index is -3.87. The zero-order chi connectivity index (χ0) is 39.0. The molecule has 0 aliphatic carbocycles. The molecule has 14 heteroatoms. The van der Waals surface area contributed by atoms with Gasteiger partial charge in [0.1, 0.15) is 12.2 Å². The Kier molecular flexibility index (Phi) is 13.6. The van der Waals surface area contributed by atoms with Gasteiger partial charge < -0.3 is 44.5 Å². The number of aliphatic carboxylic acids is 3. The van der Waals surface area contributed by atoms with Crippen LogP contribution in [0.2, 0.25) is 0 Å². The van der Waals surface area contributed by atoms with Gasteiger partial charge in [-0.15, -0.1) is 0 Å². The van der Waals surface area contributed by atoms with E-state index in [1.54, 1.807) is 6.08 Å². The number of ether oxygens (including phenoxy) is 4. The lowest BCUT2D eigenvalue weighted by Gasteiger charge is -2.48. The first-order valence-corrected chi connectivity index (χ1v) is 17.7. The number of carbonyl (C=O) groups excluding carboxylic acids is 2. The Bertz CT molecular complexity index is 1630. The maximum Gasteiger partial charge on any atom is 0.344 e. The fourth-order valence-electron chi connectivity index (χ4n) is 7.15. The van der Waals surface area contributed by atoms with Crippen LogP contribution in [0.25, 0.3) is 0 Å². The zero-order valence-corrected chi connectivity index (χ0v) is 30.0. The van der Waals surface area contributed by atoms with Crippen molar-refractivity contribution in [1.82, 2.24) is 0 Å². The molecule has 0 saturated carbocycles. The number of aliphatic hydroxyl groups excluding tert-OH is 1. The summed E-state index contributed by atoms with van der Waals surface area (Å²) in [5, 5.41) is 53.7. The van der Waals surface area contributed by atoms with E-state index in [0.29, 0.717) is 6.42 Å². The molecule has 2 aromatic rings. The number of fused-ring (bicyclic) bond motifs is 2. The van der Waals surface area contributed by atoms with Crippen molar-refractivity contribution in [2.75, 3.05) is 0 Å². The summed E-state index contributed by atoms with van der Waals surface area (Å²) in [6.07, 6.45) is -2.87. The van der Waals surface area contributed by atoms with Gasteiger partial charge in [0.05, 0.1) is 0 Å². The number of esters is 2. The van der Waals surface area contributed by atoms with E-state index >= 15 is 0 Å². The Morgan fingerprint density at radius 2 is 1.53 bits per heavy atom. The van der Waals surface area contributed by atoms with E-state index in [1.807, 2.05) is 80.6 Å². The third kappa shape index (κ3) is 8.95. The van der Waals surface area contributed by atoms with Crippen molar-refractivity contribution in [3.8, 4) is 0 Å². The maximum atomic E-state index is 13.1. The first-order chi connectivity index (χ1) is 25.1. The maximum absolute atomic E-state index is 13.1. The molecule has 0 aromatic heterocycles. The summed E-state index contributed by atoms with van der Waals surface area (Å²) in [6.45, 7) is 5.10. The topological polar surface area (TPSA) is 223 Å². The predicted octanol–water partition coefficient (Wildman–Crippen LogP) is 3.69. The molecule has 2 saturated heterocycles. The van der Waals surface area contributed by atoms with Crippen LogP contribution in [0.5, 0.6) is 0 Å². The number of hydrogen-bond donors (Lipinski definition) is 5. The molecule has 5 N–H and O–H groups in total. The highest BCUT2D eigenvalue weighted by atomic mass is 16.8. The van der Waals surface area contributed by atoms with Crippen LogP contribution in [0.3, 0.4) is 0 Å². The lowest BCUT2D eigenvalue weighted by molar-refractivity contribution is -0.374. The molecule has 288 valence electrons. The van der Waals surface area contributed by atoms with E-state index in [-0.39, 0.29) is 37.5 Å². The number of carboxylic acid groups (broad SMARTS) is 3. The fourth-order valence-corrected chi connectivity index (χ4v) is 7.15. The standard InChI is InChI=1S/C39H48O14/c1-24(20-21-27-14-6-4-7-15-27)13-10-11-19-30(41)51-32-31(42)37(52-33(34(43)44)38(49,35(45)46)39(32,53-37)36(47)48)22-12-18-29(50-26(3)40)25(2)23-28-16-8-5-9-17-28/h4-10,13-17,24-25,29,31-33,42,49H,11-12,18-23H2,1-3H3,(H,43,44)(H,45,46)(H,47,48)/b13-10+/t24-,25+,29+,31+,32+,33?,37?,38?,39-/m0/s1. The van der Waals surface area contributed by atoms with Crippen LogP contribution in [0.4, 0.5) is 0 Å². The zero-order valence-electron chi connectivity index (χ0n) is 30.0. The minimum absolute atomic E-state index is 0.0322. The minimum Gasteiger partial charge on any atom is -0.479 e. The molecule has 2 heterocycles. The van der Waals surface area contributed by atoms with E-state index in [1.165, 1.54) is 12.5 Å². The second-order valence-corrected chi connectivity index (χ2v) is 13.9. The summed E-state index contributed by atoms with van der Waals surface area (Å²) in [7, 11) is 0. The van der Waals surface area contributed by atoms with Gasteiger partial charge in [0.15, 0.2) is 6.10 Å². The number of allylic oxidation sites excluding steroid dienone is 2. The Morgan fingerprint density at radius 3 is 2.09 bits per heavy atom. The highest BCUT2D eigenvalue weighted by Crippen LogP contribution is 2.55. The first kappa shape index (κ1) is 41.1. The Labute approximate surface area is 307 Å². The SMILES string of the molecule is CC(=O)O[C@H](CCCC12OC(C(=O)O)C(O)(C(=O)O)[C@](C(=O)O)(O1)[C@H](OC(=O)CC/C=C/[C@H](C)CCc1ccccc1)[C@H]2O)[C@H](C)Cc1ccccc1. The van der Waals surface area contributed by atoms with Gasteiger partial charge in [-0.3, -0.25) is 9.59 Å². The van der Waals surface area contributed by atoms with Crippen molar-refractivity contribution in [1.29, 1.82) is 0 Å². The molecule has 2 bridgehead atoms. The molecule has 3 unspecified atom stereocenters. The number of aliphatic hydroxyl groups is 2. The van der Waals surface area contributed by atoms with E-state index < -0.39 is 77.7 Å². The number of carboxylic acids is 3. The van der Waals surface area contributed by atoms with E-state index in [0.717, 1.165) is 18.4 Å². The van der Waals surface area contributed by atoms with E-state index in [4.69, 9.17) is 18.9 Å². The molecule has 53 heavy (non-hydrogen) atoms. The van der Waals surface area contributed by atoms with E-state index in [2.05, 4.69) is 0 Å². The van der Waals surface area contributed by atoms with Crippen molar-refractivity contribution < 1.29 is 68.5 Å². The monoisotopic (exact) mass is 740 g/mol. The van der Waals surface area contributed by atoms with Gasteiger partial charge in [0, 0.05) is 19.8 Å². The molecule has 2 aromatic carbocycles. The Hall–Kier alpha value is -4.63. The van der Waals surface area contributed by atoms with Crippen molar-refractivity contribution >= 4 is 29.8 Å². The van der Waals surface area contributed by atoms with Crippen molar-refractivity contribution in [3.05, 3.63) is 83.9 Å². The van der Waals surface area contributed by atoms with Gasteiger partial charge in [0.25, 0.3) is 0 Å². The third-order valence-electron chi connectivity index (χ3n) is 9.94. The third-order valence-corrected chi connectivity index (χ3v) is 9.94. The predicted molar refractivity (Wildman–Crippen MR) is 186 cm³/mol. The van der Waals surface area contributed by atoms with Crippen LogP contribution < -0.4 is 0 Å². The Balaban J connectivity index is 1.53. The summed E-state index contributed by atoms with van der Waals surface area (Å²) < 4.78 is 22.2. The number of hydrogen-bond acceptors (Lipinski definition) is 11. The Morgan fingerprint density at radius 1 is 0.906 bits per heavy atom. The fraction of sp³-hybridized carbons (Fsp3) is 0.513. The molecular weight excluding hydrogens is 692 g/mol. The molecule has 14 nitrogen and oxygen atoms in total. The van der Waals surface area contributed by atoms with Crippen LogP contribution in [-0.2, 0) is 55.8 Å². The van der Waals surface area contributed by atoms with Gasteiger partial charge >= 0.3 is 29.8 Å². The van der Waals surface area contributed by atoms with Crippen molar-refractivity contribution in [2.45, 2.75) is 114 Å². The largest absolute Gasteiger partial charge is 0.479 e. The lowest BCUT2D eigenvalue weighted by atomic mass is 9.74. The molecule has 4 rings (SSSR count). The van der Waals surface area contributed by atoms with Crippen LogP contribution >= 0.6 is 0 Å². The summed E-state index contributed by atoms with van der Waals surface area (Å²) in [5.74, 6) is -10.9. The second kappa shape index (κ2) is 17.5. The highest BCUT2D eigenvalue weighted by Gasteiger charge is 2.85. The van der Waals surface area contributed by atoms with Crippen LogP contribution in [0, 0.1) is 11.8 Å². The molecule has 2 aliphatic rings. The lowest BCUT2D eigenvalue weighted by Crippen LogP contribution is -2.78. The van der Waals surface area contributed by atoms with Gasteiger partial charge in [-0.25, -0.2) is 14.4 Å². The van der Waals surface area contributed by atoms with E-state index in [9.17, 15) is 49.5 Å². The molecule has 2 fully saturated rings. The number of aryl methyl sites for hydroxylation is 1. The van der Waals surface area contributed by atoms with Crippen molar-refractivity contribution in [2.24, 2.45) is 11.8 Å². The second-order valence-electron chi connectivity index (χ2n) is 13.9. The molecule has 2 aliphatic heterocycles. The van der Waals surface area contributed by atoms with Crippen LogP contribution in [0.15, 0.2) is 72.8 Å². The summed E-state index contributed by atoms with van der Waals surface area (Å²) >= 11 is 0. The normalized spacial score (nSPS) is 28.1.